The number of ether oxygens (including phenoxy) is 1. The molecule has 2 aromatic rings. The monoisotopic (exact) mass is 381 g/mol. The largest absolute Gasteiger partial charge is 0.507 e. The minimum atomic E-state index is -0.512. The van der Waals surface area contributed by atoms with Crippen LogP contribution in [0.4, 0.5) is 5.69 Å². The first kappa shape index (κ1) is 19.6. The standard InChI is InChI=1S/C22H27N3O3/c1-28-21-14-19(23)17(13-18(21)22(24)27)12-15-6-9-25(10-7-15)11-8-16-4-2-3-5-20(16)26/h2-5,8,11,13-15,26H,6-7,9-10,12,23H2,1H3,(H2,24,27). The van der Waals surface area contributed by atoms with Crippen molar-refractivity contribution < 1.29 is 14.6 Å². The van der Waals surface area contributed by atoms with Crippen LogP contribution in [0.2, 0.25) is 0 Å². The number of benzene rings is 2. The third kappa shape index (κ3) is 4.57. The number of rotatable bonds is 6. The Balaban J connectivity index is 1.61. The van der Waals surface area contributed by atoms with Crippen molar-refractivity contribution in [2.75, 3.05) is 25.9 Å². The number of carbonyl (C=O) groups excluding carboxylic acids is 1. The molecule has 0 bridgehead atoms. The van der Waals surface area contributed by atoms with Crippen LogP contribution in [-0.4, -0.2) is 36.1 Å². The van der Waals surface area contributed by atoms with Gasteiger partial charge in [0, 0.05) is 30.4 Å². The molecule has 1 fully saturated rings. The number of amides is 1. The smallest absolute Gasteiger partial charge is 0.252 e. The molecular weight excluding hydrogens is 354 g/mol. The van der Waals surface area contributed by atoms with Gasteiger partial charge >= 0.3 is 0 Å². The number of primary amides is 1. The van der Waals surface area contributed by atoms with Crippen LogP contribution in [-0.2, 0) is 6.42 Å². The number of methoxy groups -OCH3 is 1. The number of hydrogen-bond acceptors (Lipinski definition) is 5. The summed E-state index contributed by atoms with van der Waals surface area (Å²) >= 11 is 0. The summed E-state index contributed by atoms with van der Waals surface area (Å²) in [5.74, 6) is 0.681. The highest BCUT2D eigenvalue weighted by atomic mass is 16.5. The summed E-state index contributed by atoms with van der Waals surface area (Å²) in [6.07, 6.45) is 6.85. The normalized spacial score (nSPS) is 15.1. The fourth-order valence-electron chi connectivity index (χ4n) is 3.61. The van der Waals surface area contributed by atoms with Gasteiger partial charge < -0.3 is 26.2 Å². The molecule has 0 radical (unpaired) electrons. The second-order valence-electron chi connectivity index (χ2n) is 7.17. The maximum atomic E-state index is 11.7. The van der Waals surface area contributed by atoms with Gasteiger partial charge in [0.05, 0.1) is 12.7 Å². The lowest BCUT2D eigenvalue weighted by Crippen LogP contribution is -2.30. The summed E-state index contributed by atoms with van der Waals surface area (Å²) in [4.78, 5) is 13.9. The Morgan fingerprint density at radius 2 is 2.00 bits per heavy atom. The Hall–Kier alpha value is -3.15. The van der Waals surface area contributed by atoms with E-state index in [9.17, 15) is 9.90 Å². The van der Waals surface area contributed by atoms with Crippen LogP contribution in [0.15, 0.2) is 42.6 Å². The molecule has 28 heavy (non-hydrogen) atoms. The number of piperidine rings is 1. The summed E-state index contributed by atoms with van der Waals surface area (Å²) in [6.45, 7) is 1.88. The van der Waals surface area contributed by atoms with Crippen molar-refractivity contribution in [3.63, 3.8) is 0 Å². The molecule has 3 rings (SSSR count). The number of nitrogen functional groups attached to an aromatic ring is 1. The number of hydrogen-bond donors (Lipinski definition) is 3. The van der Waals surface area contributed by atoms with E-state index in [1.807, 2.05) is 30.5 Å². The Morgan fingerprint density at radius 1 is 1.29 bits per heavy atom. The van der Waals surface area contributed by atoms with Crippen LogP contribution in [0.5, 0.6) is 11.5 Å². The highest BCUT2D eigenvalue weighted by Crippen LogP contribution is 2.30. The number of likely N-dealkylation sites (tertiary alicyclic amines) is 1. The lowest BCUT2D eigenvalue weighted by molar-refractivity contribution is 0.0997. The van der Waals surface area contributed by atoms with E-state index in [0.717, 1.165) is 43.5 Å². The third-order valence-electron chi connectivity index (χ3n) is 5.29. The van der Waals surface area contributed by atoms with E-state index in [4.69, 9.17) is 16.2 Å². The number of para-hydroxylation sites is 1. The molecule has 1 saturated heterocycles. The van der Waals surface area contributed by atoms with Crippen molar-refractivity contribution >= 4 is 17.7 Å². The zero-order valence-corrected chi connectivity index (χ0v) is 16.1. The highest BCUT2D eigenvalue weighted by Gasteiger charge is 2.20. The molecule has 1 heterocycles. The fourth-order valence-corrected chi connectivity index (χ4v) is 3.61. The van der Waals surface area contributed by atoms with Crippen LogP contribution in [0, 0.1) is 5.92 Å². The van der Waals surface area contributed by atoms with E-state index in [2.05, 4.69) is 4.90 Å². The zero-order chi connectivity index (χ0) is 20.1. The van der Waals surface area contributed by atoms with E-state index >= 15 is 0 Å². The zero-order valence-electron chi connectivity index (χ0n) is 16.1. The first-order valence-corrected chi connectivity index (χ1v) is 9.44. The number of anilines is 1. The van der Waals surface area contributed by atoms with Crippen molar-refractivity contribution in [2.24, 2.45) is 11.7 Å². The number of phenolic OH excluding ortho intramolecular Hbond substituents is 1. The van der Waals surface area contributed by atoms with Gasteiger partial charge in [-0.2, -0.15) is 0 Å². The first-order valence-electron chi connectivity index (χ1n) is 9.44. The highest BCUT2D eigenvalue weighted by molar-refractivity contribution is 5.96. The molecule has 6 heteroatoms. The van der Waals surface area contributed by atoms with E-state index in [-0.39, 0.29) is 5.75 Å². The summed E-state index contributed by atoms with van der Waals surface area (Å²) in [5, 5.41) is 9.85. The van der Waals surface area contributed by atoms with Gasteiger partial charge in [0.25, 0.3) is 5.91 Å². The van der Waals surface area contributed by atoms with Crippen LogP contribution in [0.1, 0.15) is 34.3 Å². The van der Waals surface area contributed by atoms with Gasteiger partial charge in [0.2, 0.25) is 0 Å². The third-order valence-corrected chi connectivity index (χ3v) is 5.29. The minimum Gasteiger partial charge on any atom is -0.507 e. The fraction of sp³-hybridized carbons (Fsp3) is 0.318. The average Bonchev–Trinajstić information content (AvgIpc) is 2.69. The summed E-state index contributed by atoms with van der Waals surface area (Å²) in [5.41, 5.74) is 14.4. The molecule has 0 aromatic heterocycles. The second kappa shape index (κ2) is 8.69. The van der Waals surface area contributed by atoms with Crippen LogP contribution < -0.4 is 16.2 Å². The first-order chi connectivity index (χ1) is 13.5. The summed E-state index contributed by atoms with van der Waals surface area (Å²) in [6, 6.07) is 10.7. The molecule has 0 spiro atoms. The molecule has 5 N–H and O–H groups in total. The van der Waals surface area contributed by atoms with Crippen molar-refractivity contribution in [1.82, 2.24) is 4.90 Å². The van der Waals surface area contributed by atoms with Crippen LogP contribution in [0.3, 0.4) is 0 Å². The maximum Gasteiger partial charge on any atom is 0.252 e. The van der Waals surface area contributed by atoms with Crippen molar-refractivity contribution in [3.05, 3.63) is 59.3 Å². The average molecular weight is 381 g/mol. The molecule has 0 unspecified atom stereocenters. The number of carbonyl (C=O) groups is 1. The van der Waals surface area contributed by atoms with E-state index in [0.29, 0.717) is 22.9 Å². The van der Waals surface area contributed by atoms with Gasteiger partial charge in [-0.1, -0.05) is 18.2 Å². The Labute approximate surface area is 165 Å². The Kier molecular flexibility index (Phi) is 6.09. The molecule has 1 aliphatic rings. The van der Waals surface area contributed by atoms with E-state index < -0.39 is 5.91 Å². The number of nitrogens with two attached hydrogens (primary N) is 2. The minimum absolute atomic E-state index is 0.286. The van der Waals surface area contributed by atoms with Crippen LogP contribution in [0.25, 0.3) is 6.08 Å². The van der Waals surface area contributed by atoms with Crippen molar-refractivity contribution in [1.29, 1.82) is 0 Å². The Bertz CT molecular complexity index is 871. The molecule has 6 nitrogen and oxygen atoms in total. The quantitative estimate of drug-likeness (QED) is 0.668. The molecule has 1 aliphatic heterocycles. The second-order valence-corrected chi connectivity index (χ2v) is 7.17. The molecule has 0 atom stereocenters. The van der Waals surface area contributed by atoms with Gasteiger partial charge in [-0.15, -0.1) is 0 Å². The lowest BCUT2D eigenvalue weighted by Gasteiger charge is -2.31. The molecule has 1 amide bonds. The van der Waals surface area contributed by atoms with Crippen LogP contribution >= 0.6 is 0 Å². The molecule has 0 saturated carbocycles. The van der Waals surface area contributed by atoms with E-state index in [1.165, 1.54) is 7.11 Å². The van der Waals surface area contributed by atoms with Crippen molar-refractivity contribution in [3.8, 4) is 11.5 Å². The Morgan fingerprint density at radius 3 is 2.64 bits per heavy atom. The SMILES string of the molecule is COc1cc(N)c(CC2CCN(C=Cc3ccccc3O)CC2)cc1C(N)=O. The van der Waals surface area contributed by atoms with Gasteiger partial charge in [0.15, 0.2) is 0 Å². The topological polar surface area (TPSA) is 102 Å². The number of phenols is 1. The number of nitrogens with zero attached hydrogens (tertiary/aromatic N) is 1. The van der Waals surface area contributed by atoms with Gasteiger partial charge in [-0.05, 0) is 55.2 Å². The van der Waals surface area contributed by atoms with Gasteiger partial charge in [-0.25, -0.2) is 0 Å². The lowest BCUT2D eigenvalue weighted by atomic mass is 9.89. The summed E-state index contributed by atoms with van der Waals surface area (Å²) < 4.78 is 5.21. The molecule has 2 aromatic carbocycles. The van der Waals surface area contributed by atoms with E-state index in [1.54, 1.807) is 18.2 Å². The predicted octanol–water partition coefficient (Wildman–Crippen LogP) is 3.01. The van der Waals surface area contributed by atoms with Gasteiger partial charge in [-0.3, -0.25) is 4.79 Å². The maximum absolute atomic E-state index is 11.7. The molecule has 0 aliphatic carbocycles. The van der Waals surface area contributed by atoms with Gasteiger partial charge in [0.1, 0.15) is 11.5 Å². The predicted molar refractivity (Wildman–Crippen MR) is 111 cm³/mol. The number of aromatic hydroxyl groups is 1. The molecule has 148 valence electrons. The molecular formula is C22H27N3O3. The summed E-state index contributed by atoms with van der Waals surface area (Å²) in [7, 11) is 1.50. The van der Waals surface area contributed by atoms with Crippen molar-refractivity contribution in [2.45, 2.75) is 19.3 Å².